The Morgan fingerprint density at radius 2 is 2.14 bits per heavy atom. The van der Waals surface area contributed by atoms with Crippen LogP contribution in [0.25, 0.3) is 11.0 Å². The van der Waals surface area contributed by atoms with Crippen molar-refractivity contribution in [1.29, 1.82) is 0 Å². The van der Waals surface area contributed by atoms with E-state index in [0.29, 0.717) is 16.9 Å². The van der Waals surface area contributed by atoms with E-state index in [1.54, 1.807) is 0 Å². The van der Waals surface area contributed by atoms with Crippen molar-refractivity contribution in [2.45, 2.75) is 46.1 Å². The highest BCUT2D eigenvalue weighted by Gasteiger charge is 2.59. The van der Waals surface area contributed by atoms with Crippen LogP contribution in [0.1, 0.15) is 40.0 Å². The SMILES string of the molecule is CC12CCC(C1)C(C)(C)C2Nc1nc2ccc(N)cc2[nH]1. The van der Waals surface area contributed by atoms with Gasteiger partial charge in [-0.2, -0.15) is 0 Å². The molecule has 2 aliphatic rings. The quantitative estimate of drug-likeness (QED) is 0.735. The summed E-state index contributed by atoms with van der Waals surface area (Å²) in [5.74, 6) is 1.71. The van der Waals surface area contributed by atoms with Crippen LogP contribution in [0.4, 0.5) is 11.6 Å². The average Bonchev–Trinajstić information content (AvgIpc) is 3.03. The predicted octanol–water partition coefficient (Wildman–Crippen LogP) is 3.77. The lowest BCUT2D eigenvalue weighted by atomic mass is 9.68. The van der Waals surface area contributed by atoms with E-state index >= 15 is 0 Å². The van der Waals surface area contributed by atoms with Crippen molar-refractivity contribution in [1.82, 2.24) is 9.97 Å². The van der Waals surface area contributed by atoms with Crippen molar-refractivity contribution in [3.8, 4) is 0 Å². The summed E-state index contributed by atoms with van der Waals surface area (Å²) in [4.78, 5) is 8.05. The van der Waals surface area contributed by atoms with Crippen LogP contribution in [0.5, 0.6) is 0 Å². The molecule has 4 rings (SSSR count). The van der Waals surface area contributed by atoms with Crippen LogP contribution >= 0.6 is 0 Å². The van der Waals surface area contributed by atoms with Gasteiger partial charge in [0, 0.05) is 11.7 Å². The van der Waals surface area contributed by atoms with E-state index in [4.69, 9.17) is 5.73 Å². The molecule has 0 radical (unpaired) electrons. The molecule has 0 amide bonds. The van der Waals surface area contributed by atoms with Gasteiger partial charge >= 0.3 is 0 Å². The van der Waals surface area contributed by atoms with Gasteiger partial charge in [0.15, 0.2) is 0 Å². The van der Waals surface area contributed by atoms with Gasteiger partial charge in [-0.15, -0.1) is 0 Å². The second-order valence-corrected chi connectivity index (χ2v) is 7.85. The molecule has 2 saturated carbocycles. The molecule has 1 aromatic heterocycles. The van der Waals surface area contributed by atoms with E-state index in [-0.39, 0.29) is 0 Å². The minimum absolute atomic E-state index is 0.324. The van der Waals surface area contributed by atoms with Crippen LogP contribution in [0.15, 0.2) is 18.2 Å². The van der Waals surface area contributed by atoms with Crippen LogP contribution in [0.2, 0.25) is 0 Å². The third-order valence-corrected chi connectivity index (χ3v) is 6.06. The maximum atomic E-state index is 5.84. The minimum Gasteiger partial charge on any atom is -0.399 e. The molecule has 2 bridgehead atoms. The predicted molar refractivity (Wildman–Crippen MR) is 87.1 cm³/mol. The van der Waals surface area contributed by atoms with Gasteiger partial charge in [-0.25, -0.2) is 4.98 Å². The fraction of sp³-hybridized carbons (Fsp3) is 0.588. The van der Waals surface area contributed by atoms with Crippen molar-refractivity contribution < 1.29 is 0 Å². The van der Waals surface area contributed by atoms with Gasteiger partial charge in [0.05, 0.1) is 11.0 Å². The minimum atomic E-state index is 0.324. The molecule has 1 heterocycles. The summed E-state index contributed by atoms with van der Waals surface area (Å²) in [5.41, 5.74) is 9.30. The summed E-state index contributed by atoms with van der Waals surface area (Å²) >= 11 is 0. The van der Waals surface area contributed by atoms with Gasteiger partial charge in [0.1, 0.15) is 0 Å². The molecule has 2 fully saturated rings. The number of fused-ring (bicyclic) bond motifs is 3. The number of imidazole rings is 1. The number of nitrogen functional groups attached to an aromatic ring is 1. The molecule has 1 aromatic carbocycles. The zero-order chi connectivity index (χ0) is 14.8. The third-order valence-electron chi connectivity index (χ3n) is 6.06. The molecule has 0 aliphatic heterocycles. The number of aromatic amines is 1. The average molecular weight is 284 g/mol. The molecule has 3 unspecified atom stereocenters. The lowest BCUT2D eigenvalue weighted by Crippen LogP contribution is -2.46. The topological polar surface area (TPSA) is 66.7 Å². The summed E-state index contributed by atoms with van der Waals surface area (Å²) < 4.78 is 0. The van der Waals surface area contributed by atoms with Gasteiger partial charge in [-0.1, -0.05) is 20.8 Å². The Morgan fingerprint density at radius 3 is 2.86 bits per heavy atom. The van der Waals surface area contributed by atoms with Gasteiger partial charge in [0.2, 0.25) is 5.95 Å². The maximum absolute atomic E-state index is 5.84. The van der Waals surface area contributed by atoms with E-state index in [0.717, 1.165) is 28.6 Å². The van der Waals surface area contributed by atoms with E-state index in [2.05, 4.69) is 36.1 Å². The largest absolute Gasteiger partial charge is 0.399 e. The van der Waals surface area contributed by atoms with Crippen molar-refractivity contribution >= 4 is 22.7 Å². The molecule has 4 heteroatoms. The number of nitrogens with two attached hydrogens (primary N) is 1. The second kappa shape index (κ2) is 3.93. The number of anilines is 2. The monoisotopic (exact) mass is 284 g/mol. The molecule has 112 valence electrons. The molecule has 2 aromatic rings. The van der Waals surface area contributed by atoms with E-state index < -0.39 is 0 Å². The number of hydrogen-bond donors (Lipinski definition) is 3. The summed E-state index contributed by atoms with van der Waals surface area (Å²) in [6, 6.07) is 6.29. The number of benzene rings is 1. The fourth-order valence-corrected chi connectivity index (χ4v) is 4.89. The first-order valence-corrected chi connectivity index (χ1v) is 7.90. The summed E-state index contributed by atoms with van der Waals surface area (Å²) in [6.45, 7) is 7.24. The molecule has 0 spiro atoms. The van der Waals surface area contributed by atoms with E-state index in [9.17, 15) is 0 Å². The summed E-state index contributed by atoms with van der Waals surface area (Å²) in [6.07, 6.45) is 4.04. The Hall–Kier alpha value is -1.71. The Labute approximate surface area is 125 Å². The van der Waals surface area contributed by atoms with Crippen LogP contribution in [-0.2, 0) is 0 Å². The number of nitrogens with one attached hydrogen (secondary N) is 2. The van der Waals surface area contributed by atoms with E-state index in [1.807, 2.05) is 18.2 Å². The molecule has 3 atom stereocenters. The molecule has 0 saturated heterocycles. The van der Waals surface area contributed by atoms with Crippen LogP contribution in [-0.4, -0.2) is 16.0 Å². The lowest BCUT2D eigenvalue weighted by molar-refractivity contribution is 0.155. The van der Waals surface area contributed by atoms with Crippen molar-refractivity contribution in [3.05, 3.63) is 18.2 Å². The van der Waals surface area contributed by atoms with Crippen molar-refractivity contribution in [2.24, 2.45) is 16.7 Å². The zero-order valence-corrected chi connectivity index (χ0v) is 13.0. The van der Waals surface area contributed by atoms with Gasteiger partial charge < -0.3 is 16.0 Å². The van der Waals surface area contributed by atoms with Crippen LogP contribution in [0.3, 0.4) is 0 Å². The Balaban J connectivity index is 1.68. The number of hydrogen-bond acceptors (Lipinski definition) is 3. The fourth-order valence-electron chi connectivity index (χ4n) is 4.89. The molecule has 4 N–H and O–H groups in total. The number of aromatic nitrogens is 2. The molecular weight excluding hydrogens is 260 g/mol. The smallest absolute Gasteiger partial charge is 0.201 e. The van der Waals surface area contributed by atoms with Crippen molar-refractivity contribution in [3.63, 3.8) is 0 Å². The van der Waals surface area contributed by atoms with Gasteiger partial charge in [-0.3, -0.25) is 0 Å². The normalized spacial score (nSPS) is 33.7. The summed E-state index contributed by atoms with van der Waals surface area (Å²) in [7, 11) is 0. The Bertz CT molecular complexity index is 697. The lowest BCUT2D eigenvalue weighted by Gasteiger charge is -2.43. The third kappa shape index (κ3) is 1.78. The van der Waals surface area contributed by atoms with Crippen molar-refractivity contribution in [2.75, 3.05) is 11.1 Å². The highest BCUT2D eigenvalue weighted by molar-refractivity contribution is 5.80. The first-order chi connectivity index (χ1) is 9.88. The number of nitrogens with zero attached hydrogens (tertiary/aromatic N) is 1. The zero-order valence-electron chi connectivity index (χ0n) is 13.0. The molecule has 21 heavy (non-hydrogen) atoms. The number of rotatable bonds is 2. The number of H-pyrrole nitrogens is 1. The maximum Gasteiger partial charge on any atom is 0.201 e. The molecule has 2 aliphatic carbocycles. The first-order valence-electron chi connectivity index (χ1n) is 7.90. The standard InChI is InChI=1S/C17H24N4/c1-16(2)10-6-7-17(3,9-10)14(16)21-15-19-12-5-4-11(18)8-13(12)20-15/h4-5,8,10,14H,6-7,9,18H2,1-3H3,(H2,19,20,21). The Morgan fingerprint density at radius 1 is 1.33 bits per heavy atom. The van der Waals surface area contributed by atoms with Crippen LogP contribution < -0.4 is 11.1 Å². The Kier molecular flexibility index (Phi) is 2.43. The highest BCUT2D eigenvalue weighted by atomic mass is 15.2. The van der Waals surface area contributed by atoms with Crippen LogP contribution in [0, 0.1) is 16.7 Å². The van der Waals surface area contributed by atoms with Gasteiger partial charge in [-0.05, 0) is 54.2 Å². The second-order valence-electron chi connectivity index (χ2n) is 7.85. The molecule has 4 nitrogen and oxygen atoms in total. The first kappa shape index (κ1) is 13.0. The van der Waals surface area contributed by atoms with Gasteiger partial charge in [0.25, 0.3) is 0 Å². The molecular formula is C17H24N4. The summed E-state index contributed by atoms with van der Waals surface area (Å²) in [5, 5.41) is 3.70. The highest BCUT2D eigenvalue weighted by Crippen LogP contribution is 2.62. The van der Waals surface area contributed by atoms with E-state index in [1.165, 1.54) is 19.3 Å².